The Morgan fingerprint density at radius 1 is 1.44 bits per heavy atom. The Morgan fingerprint density at radius 3 is 3.07 bits per heavy atom. The number of alkyl halides is 1. The lowest BCUT2D eigenvalue weighted by atomic mass is 9.90. The Hall–Kier alpha value is -1.99. The number of hydrogen-bond donors (Lipinski definition) is 3. The van der Waals surface area contributed by atoms with Crippen LogP contribution in [0.1, 0.15) is 55.8 Å². The lowest BCUT2D eigenvalue weighted by molar-refractivity contribution is -0.129. The highest BCUT2D eigenvalue weighted by Gasteiger charge is 2.35. The van der Waals surface area contributed by atoms with E-state index in [-0.39, 0.29) is 30.8 Å². The number of benzene rings is 1. The van der Waals surface area contributed by atoms with Crippen molar-refractivity contribution in [2.75, 3.05) is 6.54 Å². The molecular weight excluding hydrogens is 347 g/mol. The number of amides is 1. The Balaban J connectivity index is 1.45. The Bertz CT molecular complexity index is 753. The van der Waals surface area contributed by atoms with E-state index in [9.17, 15) is 9.18 Å². The number of fused-ring (bicyclic) bond motifs is 1. The molecule has 0 bridgehead atoms. The van der Waals surface area contributed by atoms with Gasteiger partial charge in [-0.15, -0.1) is 0 Å². The van der Waals surface area contributed by atoms with E-state index in [0.717, 1.165) is 36.2 Å². The molecule has 4 unspecified atom stereocenters. The van der Waals surface area contributed by atoms with Gasteiger partial charge >= 0.3 is 0 Å². The molecule has 2 heterocycles. The molecule has 1 aromatic rings. The Morgan fingerprint density at radius 2 is 2.30 bits per heavy atom. The summed E-state index contributed by atoms with van der Waals surface area (Å²) in [7, 11) is 0. The van der Waals surface area contributed by atoms with Crippen LogP contribution in [0.3, 0.4) is 0 Å². The first kappa shape index (κ1) is 18.4. The predicted octanol–water partition coefficient (Wildman–Crippen LogP) is 2.14. The van der Waals surface area contributed by atoms with E-state index in [2.05, 4.69) is 27.2 Å². The third-order valence-electron chi connectivity index (χ3n) is 5.77. The first-order chi connectivity index (χ1) is 13.0. The smallest absolute Gasteiger partial charge is 0.226 e. The molecule has 5 atom stereocenters. The number of nitrogens with one attached hydrogen (secondary N) is 3. The summed E-state index contributed by atoms with van der Waals surface area (Å²) in [6.45, 7) is 4.27. The maximum absolute atomic E-state index is 14.2. The van der Waals surface area contributed by atoms with Gasteiger partial charge in [-0.1, -0.05) is 19.1 Å². The number of halogens is 1. The van der Waals surface area contributed by atoms with Crippen LogP contribution >= 0.6 is 0 Å². The number of hydrogen-bond acceptors (Lipinski definition) is 5. The molecule has 3 aliphatic rings. The number of amidine groups is 1. The topological polar surface area (TPSA) is 74.8 Å². The number of carbonyl (C=O) groups is 1. The molecule has 2 aliphatic heterocycles. The number of piperidine rings is 1. The maximum Gasteiger partial charge on any atom is 0.226 e. The van der Waals surface area contributed by atoms with E-state index in [1.807, 2.05) is 26.0 Å². The van der Waals surface area contributed by atoms with E-state index < -0.39 is 12.1 Å². The lowest BCUT2D eigenvalue weighted by Gasteiger charge is -2.31. The molecule has 1 amide bonds. The molecule has 4 rings (SSSR count). The molecule has 27 heavy (non-hydrogen) atoms. The van der Waals surface area contributed by atoms with Crippen molar-refractivity contribution in [3.63, 3.8) is 0 Å². The summed E-state index contributed by atoms with van der Waals surface area (Å²) in [6, 6.07) is 6.28. The Kier molecular flexibility index (Phi) is 5.14. The van der Waals surface area contributed by atoms with Crippen molar-refractivity contribution in [2.24, 2.45) is 10.9 Å². The fourth-order valence-corrected chi connectivity index (χ4v) is 4.16. The second kappa shape index (κ2) is 7.56. The monoisotopic (exact) mass is 374 g/mol. The molecule has 0 saturated carbocycles. The molecule has 0 radical (unpaired) electrons. The van der Waals surface area contributed by atoms with E-state index in [1.165, 1.54) is 5.56 Å². The van der Waals surface area contributed by atoms with Crippen molar-refractivity contribution in [1.82, 2.24) is 16.1 Å². The second-order valence-corrected chi connectivity index (χ2v) is 7.74. The number of hydroxylamine groups is 1. The minimum absolute atomic E-state index is 0.0444. The van der Waals surface area contributed by atoms with Gasteiger partial charge in [-0.25, -0.2) is 19.7 Å². The van der Waals surface area contributed by atoms with Crippen LogP contribution < -0.4 is 16.1 Å². The summed E-state index contributed by atoms with van der Waals surface area (Å²) >= 11 is 0. The molecule has 146 valence electrons. The molecular formula is C20H27FN4O2. The average Bonchev–Trinajstić information content (AvgIpc) is 3.30. The maximum atomic E-state index is 14.2. The molecule has 3 N–H and O–H groups in total. The quantitative estimate of drug-likeness (QED) is 0.755. The van der Waals surface area contributed by atoms with Crippen molar-refractivity contribution in [3.8, 4) is 0 Å². The third kappa shape index (κ3) is 3.71. The van der Waals surface area contributed by atoms with Crippen molar-refractivity contribution in [3.05, 3.63) is 34.9 Å². The minimum atomic E-state index is -1.12. The van der Waals surface area contributed by atoms with Crippen LogP contribution in [0, 0.1) is 5.92 Å². The lowest BCUT2D eigenvalue weighted by Crippen LogP contribution is -2.49. The average molecular weight is 374 g/mol. The molecule has 1 saturated heterocycles. The van der Waals surface area contributed by atoms with Crippen LogP contribution in [0.4, 0.5) is 4.39 Å². The zero-order valence-electron chi connectivity index (χ0n) is 15.8. The molecule has 0 spiro atoms. The van der Waals surface area contributed by atoms with Gasteiger partial charge in [0, 0.05) is 18.2 Å². The minimum Gasteiger partial charge on any atom is -0.349 e. The summed E-state index contributed by atoms with van der Waals surface area (Å²) in [5.74, 6) is 0.0182. The molecule has 0 aromatic heterocycles. The van der Waals surface area contributed by atoms with Crippen molar-refractivity contribution in [1.29, 1.82) is 0 Å². The van der Waals surface area contributed by atoms with Crippen LogP contribution in [0.2, 0.25) is 0 Å². The standard InChI is InChI=1S/C20H27FN4O2/c1-3-18-24-19(25-27-18)13-4-6-14-12(9-13)5-7-17(14)23-20(26)15-8-11(2)22-10-16(15)21/h4,6,9,11,15-18,22H,3,5,7-8,10H2,1-2H3,(H,23,26)(H,24,25)/t11?,15?,16?,17-,18?/m1/s1. The van der Waals surface area contributed by atoms with Gasteiger partial charge in [0.2, 0.25) is 5.91 Å². The van der Waals surface area contributed by atoms with Crippen molar-refractivity contribution in [2.45, 2.75) is 64.0 Å². The van der Waals surface area contributed by atoms with Crippen molar-refractivity contribution < 1.29 is 14.0 Å². The number of aryl methyl sites for hydroxylation is 1. The number of carbonyl (C=O) groups excluding carboxylic acids is 1. The third-order valence-corrected chi connectivity index (χ3v) is 5.77. The molecule has 1 aliphatic carbocycles. The zero-order valence-corrected chi connectivity index (χ0v) is 15.8. The van der Waals surface area contributed by atoms with E-state index >= 15 is 0 Å². The highest BCUT2D eigenvalue weighted by molar-refractivity contribution is 5.99. The summed E-state index contributed by atoms with van der Waals surface area (Å²) in [5.41, 5.74) is 6.21. The summed E-state index contributed by atoms with van der Waals surface area (Å²) in [4.78, 5) is 22.5. The van der Waals surface area contributed by atoms with Crippen LogP contribution in [0.25, 0.3) is 0 Å². The molecule has 1 aromatic carbocycles. The van der Waals surface area contributed by atoms with E-state index in [0.29, 0.717) is 6.42 Å². The van der Waals surface area contributed by atoms with Gasteiger partial charge in [0.15, 0.2) is 12.1 Å². The SMILES string of the molecule is CCC1N=C(c2ccc3c(c2)CC[C@H]3NC(=O)C2CC(C)NCC2F)NO1. The van der Waals surface area contributed by atoms with Gasteiger partial charge in [0.1, 0.15) is 6.17 Å². The fourth-order valence-electron chi connectivity index (χ4n) is 4.16. The normalized spacial score (nSPS) is 32.6. The number of rotatable bonds is 4. The van der Waals surface area contributed by atoms with E-state index in [1.54, 1.807) is 0 Å². The fraction of sp³-hybridized carbons (Fsp3) is 0.600. The summed E-state index contributed by atoms with van der Waals surface area (Å²) in [6.07, 6.45) is 1.83. The van der Waals surface area contributed by atoms with E-state index in [4.69, 9.17) is 4.84 Å². The molecule has 7 heteroatoms. The second-order valence-electron chi connectivity index (χ2n) is 7.74. The first-order valence-corrected chi connectivity index (χ1v) is 9.85. The van der Waals surface area contributed by atoms with Crippen LogP contribution in [0.5, 0.6) is 0 Å². The highest BCUT2D eigenvalue weighted by Crippen LogP contribution is 2.33. The molecule has 1 fully saturated rings. The van der Waals surface area contributed by atoms with Gasteiger partial charge < -0.3 is 10.6 Å². The number of nitrogens with zero attached hydrogens (tertiary/aromatic N) is 1. The highest BCUT2D eigenvalue weighted by atomic mass is 19.1. The summed E-state index contributed by atoms with van der Waals surface area (Å²) < 4.78 is 14.2. The van der Waals surface area contributed by atoms with Gasteiger partial charge in [-0.3, -0.25) is 4.79 Å². The van der Waals surface area contributed by atoms with Crippen molar-refractivity contribution >= 4 is 11.7 Å². The predicted molar refractivity (Wildman–Crippen MR) is 101 cm³/mol. The van der Waals surface area contributed by atoms with Gasteiger partial charge in [0.25, 0.3) is 0 Å². The summed E-state index contributed by atoms with van der Waals surface area (Å²) in [5, 5.41) is 6.17. The molecule has 6 nitrogen and oxygen atoms in total. The zero-order chi connectivity index (χ0) is 19.0. The Labute approximate surface area is 158 Å². The van der Waals surface area contributed by atoms with Gasteiger partial charge in [-0.2, -0.15) is 0 Å². The number of aliphatic imine (C=N–C) groups is 1. The first-order valence-electron chi connectivity index (χ1n) is 9.85. The largest absolute Gasteiger partial charge is 0.349 e. The van der Waals surface area contributed by atoms with Crippen LogP contribution in [0.15, 0.2) is 23.2 Å². The van der Waals surface area contributed by atoms with Crippen LogP contribution in [-0.2, 0) is 16.1 Å². The van der Waals surface area contributed by atoms with Gasteiger partial charge in [0.05, 0.1) is 12.0 Å². The van der Waals surface area contributed by atoms with Crippen LogP contribution in [-0.4, -0.2) is 36.7 Å². The van der Waals surface area contributed by atoms with Gasteiger partial charge in [-0.05, 0) is 49.8 Å².